The molecule has 14 heavy (non-hydrogen) atoms. The number of hydrogen-bond acceptors (Lipinski definition) is 3. The van der Waals surface area contributed by atoms with Gasteiger partial charge in [0.05, 0.1) is 6.61 Å². The number of rotatable bonds is 4. The van der Waals surface area contributed by atoms with E-state index in [4.69, 9.17) is 0 Å². The SMILES string of the molecule is CCOC(=O)CNC(=O)c1ccc[nH]1. The molecule has 5 nitrogen and oxygen atoms in total. The number of hydrogen-bond donors (Lipinski definition) is 2. The third-order valence-electron chi connectivity index (χ3n) is 1.54. The van der Waals surface area contributed by atoms with E-state index in [9.17, 15) is 9.59 Å². The Balaban J connectivity index is 2.32. The molecule has 0 atom stereocenters. The van der Waals surface area contributed by atoms with Crippen LogP contribution in [0.15, 0.2) is 18.3 Å². The maximum absolute atomic E-state index is 11.3. The largest absolute Gasteiger partial charge is 0.465 e. The summed E-state index contributed by atoms with van der Waals surface area (Å²) in [6, 6.07) is 3.33. The second-order valence-corrected chi connectivity index (χ2v) is 2.57. The first kappa shape index (κ1) is 10.3. The zero-order valence-corrected chi connectivity index (χ0v) is 7.87. The molecule has 0 saturated carbocycles. The zero-order chi connectivity index (χ0) is 10.4. The molecule has 0 saturated heterocycles. The van der Waals surface area contributed by atoms with Gasteiger partial charge in [0.2, 0.25) is 0 Å². The lowest BCUT2D eigenvalue weighted by Crippen LogP contribution is -2.30. The molecule has 1 rings (SSSR count). The number of ether oxygens (including phenoxy) is 1. The van der Waals surface area contributed by atoms with E-state index in [0.717, 1.165) is 0 Å². The molecule has 76 valence electrons. The van der Waals surface area contributed by atoms with Gasteiger partial charge in [-0.1, -0.05) is 0 Å². The quantitative estimate of drug-likeness (QED) is 0.681. The van der Waals surface area contributed by atoms with Gasteiger partial charge in [-0.15, -0.1) is 0 Å². The first-order chi connectivity index (χ1) is 6.74. The van der Waals surface area contributed by atoms with Crippen molar-refractivity contribution in [1.29, 1.82) is 0 Å². The van der Waals surface area contributed by atoms with Gasteiger partial charge in [0.1, 0.15) is 12.2 Å². The molecular formula is C9H12N2O3. The normalized spacial score (nSPS) is 9.50. The summed E-state index contributed by atoms with van der Waals surface area (Å²) in [4.78, 5) is 24.9. The third-order valence-corrected chi connectivity index (χ3v) is 1.54. The Labute approximate surface area is 81.5 Å². The van der Waals surface area contributed by atoms with Crippen molar-refractivity contribution in [2.45, 2.75) is 6.92 Å². The number of H-pyrrole nitrogens is 1. The highest BCUT2D eigenvalue weighted by molar-refractivity contribution is 5.94. The average Bonchev–Trinajstić information content (AvgIpc) is 2.67. The number of nitrogens with one attached hydrogen (secondary N) is 2. The second-order valence-electron chi connectivity index (χ2n) is 2.57. The van der Waals surface area contributed by atoms with Crippen LogP contribution in [-0.4, -0.2) is 30.0 Å². The Morgan fingerprint density at radius 3 is 2.93 bits per heavy atom. The molecule has 0 aliphatic heterocycles. The van der Waals surface area contributed by atoms with Gasteiger partial charge in [0.15, 0.2) is 0 Å². The van der Waals surface area contributed by atoms with E-state index in [1.807, 2.05) is 0 Å². The van der Waals surface area contributed by atoms with Crippen LogP contribution in [0, 0.1) is 0 Å². The molecule has 0 bridgehead atoms. The van der Waals surface area contributed by atoms with Crippen LogP contribution in [0.5, 0.6) is 0 Å². The molecule has 0 fully saturated rings. The monoisotopic (exact) mass is 196 g/mol. The summed E-state index contributed by atoms with van der Waals surface area (Å²) in [5, 5.41) is 2.42. The highest BCUT2D eigenvalue weighted by Gasteiger charge is 2.07. The van der Waals surface area contributed by atoms with E-state index < -0.39 is 5.97 Å². The summed E-state index contributed by atoms with van der Waals surface area (Å²) >= 11 is 0. The highest BCUT2D eigenvalue weighted by atomic mass is 16.5. The van der Waals surface area contributed by atoms with Crippen molar-refractivity contribution in [3.63, 3.8) is 0 Å². The van der Waals surface area contributed by atoms with Crippen LogP contribution in [0.2, 0.25) is 0 Å². The molecule has 2 N–H and O–H groups in total. The van der Waals surface area contributed by atoms with Gasteiger partial charge in [0, 0.05) is 6.20 Å². The van der Waals surface area contributed by atoms with Crippen molar-refractivity contribution in [3.8, 4) is 0 Å². The number of carbonyl (C=O) groups is 2. The van der Waals surface area contributed by atoms with Crippen LogP contribution in [0.1, 0.15) is 17.4 Å². The molecule has 5 heteroatoms. The first-order valence-corrected chi connectivity index (χ1v) is 4.31. The fourth-order valence-electron chi connectivity index (χ4n) is 0.931. The Morgan fingerprint density at radius 1 is 1.57 bits per heavy atom. The fourth-order valence-corrected chi connectivity index (χ4v) is 0.931. The summed E-state index contributed by atoms with van der Waals surface area (Å²) < 4.78 is 4.65. The molecule has 0 aromatic carbocycles. The van der Waals surface area contributed by atoms with Crippen molar-refractivity contribution < 1.29 is 14.3 Å². The molecule has 0 aliphatic carbocycles. The lowest BCUT2D eigenvalue weighted by atomic mass is 10.4. The third kappa shape index (κ3) is 2.93. The fraction of sp³-hybridized carbons (Fsp3) is 0.333. The summed E-state index contributed by atoms with van der Waals surface area (Å²) in [5.41, 5.74) is 0.425. The maximum Gasteiger partial charge on any atom is 0.325 e. The Hall–Kier alpha value is -1.78. The van der Waals surface area contributed by atoms with Crippen molar-refractivity contribution >= 4 is 11.9 Å². The van der Waals surface area contributed by atoms with E-state index in [2.05, 4.69) is 15.0 Å². The number of aromatic nitrogens is 1. The number of aromatic amines is 1. The van der Waals surface area contributed by atoms with Gasteiger partial charge < -0.3 is 15.0 Å². The van der Waals surface area contributed by atoms with Gasteiger partial charge in [0.25, 0.3) is 5.91 Å². The van der Waals surface area contributed by atoms with Crippen LogP contribution in [0.4, 0.5) is 0 Å². The van der Waals surface area contributed by atoms with E-state index in [0.29, 0.717) is 12.3 Å². The topological polar surface area (TPSA) is 71.2 Å². The summed E-state index contributed by atoms with van der Waals surface area (Å²) in [6.07, 6.45) is 1.64. The van der Waals surface area contributed by atoms with Gasteiger partial charge in [-0.05, 0) is 19.1 Å². The van der Waals surface area contributed by atoms with Crippen LogP contribution >= 0.6 is 0 Å². The van der Waals surface area contributed by atoms with E-state index in [-0.39, 0.29) is 12.5 Å². The predicted molar refractivity (Wildman–Crippen MR) is 49.8 cm³/mol. The van der Waals surface area contributed by atoms with Crippen molar-refractivity contribution in [3.05, 3.63) is 24.0 Å². The average molecular weight is 196 g/mol. The van der Waals surface area contributed by atoms with Gasteiger partial charge in [-0.25, -0.2) is 0 Å². The Kier molecular flexibility index (Phi) is 3.72. The smallest absolute Gasteiger partial charge is 0.325 e. The molecule has 1 amide bonds. The molecule has 0 aliphatic rings. The van der Waals surface area contributed by atoms with Crippen molar-refractivity contribution in [1.82, 2.24) is 10.3 Å². The Bertz CT molecular complexity index is 306. The minimum absolute atomic E-state index is 0.105. The molecule has 1 aromatic rings. The molecule has 0 unspecified atom stereocenters. The standard InChI is InChI=1S/C9H12N2O3/c1-2-14-8(12)6-11-9(13)7-4-3-5-10-7/h3-5,10H,2,6H2,1H3,(H,11,13). The van der Waals surface area contributed by atoms with Gasteiger partial charge in [-0.2, -0.15) is 0 Å². The lowest BCUT2D eigenvalue weighted by Gasteiger charge is -2.02. The maximum atomic E-state index is 11.3. The molecule has 0 spiro atoms. The zero-order valence-electron chi connectivity index (χ0n) is 7.87. The van der Waals surface area contributed by atoms with Crippen molar-refractivity contribution in [2.75, 3.05) is 13.2 Å². The van der Waals surface area contributed by atoms with Crippen molar-refractivity contribution in [2.24, 2.45) is 0 Å². The van der Waals surface area contributed by atoms with Gasteiger partial charge in [-0.3, -0.25) is 9.59 Å². The highest BCUT2D eigenvalue weighted by Crippen LogP contribution is 1.92. The second kappa shape index (κ2) is 5.06. The lowest BCUT2D eigenvalue weighted by molar-refractivity contribution is -0.141. The van der Waals surface area contributed by atoms with Gasteiger partial charge >= 0.3 is 5.97 Å². The van der Waals surface area contributed by atoms with Crippen LogP contribution in [0.3, 0.4) is 0 Å². The van der Waals surface area contributed by atoms with E-state index in [1.165, 1.54) is 0 Å². The first-order valence-electron chi connectivity index (χ1n) is 4.31. The number of amides is 1. The molecule has 0 radical (unpaired) electrons. The number of carbonyl (C=O) groups excluding carboxylic acids is 2. The molecule has 1 heterocycles. The summed E-state index contributed by atoms with van der Waals surface area (Å²) in [5.74, 6) is -0.754. The molecular weight excluding hydrogens is 184 g/mol. The van der Waals surface area contributed by atoms with E-state index in [1.54, 1.807) is 25.3 Å². The molecule has 1 aromatic heterocycles. The predicted octanol–water partition coefficient (Wildman–Crippen LogP) is 0.308. The van der Waals surface area contributed by atoms with Crippen LogP contribution < -0.4 is 5.32 Å². The summed E-state index contributed by atoms with van der Waals surface area (Å²) in [7, 11) is 0. The van der Waals surface area contributed by atoms with Crippen LogP contribution in [0.25, 0.3) is 0 Å². The minimum atomic E-state index is -0.438. The minimum Gasteiger partial charge on any atom is -0.465 e. The number of esters is 1. The van der Waals surface area contributed by atoms with E-state index >= 15 is 0 Å². The summed E-state index contributed by atoms with van der Waals surface area (Å²) in [6.45, 7) is 1.92. The Morgan fingerprint density at radius 2 is 2.36 bits per heavy atom. The van der Waals surface area contributed by atoms with Crippen LogP contribution in [-0.2, 0) is 9.53 Å².